The lowest BCUT2D eigenvalue weighted by atomic mass is 10.3. The van der Waals surface area contributed by atoms with Crippen LogP contribution in [0.25, 0.3) is 0 Å². The average molecular weight is 124 g/mol. The van der Waals surface area contributed by atoms with Gasteiger partial charge in [-0.05, 0) is 19.3 Å². The Morgan fingerprint density at radius 2 is 1.22 bits per heavy atom. The van der Waals surface area contributed by atoms with Crippen LogP contribution in [0.15, 0.2) is 24.3 Å². The molecule has 0 saturated heterocycles. The minimum atomic E-state index is 1.10. The molecule has 0 fully saturated rings. The molecule has 0 aliphatic carbocycles. The summed E-state index contributed by atoms with van der Waals surface area (Å²) in [5, 5.41) is 0. The Bertz CT molecular complexity index is 76.2. The maximum absolute atomic E-state index is 2.20. The zero-order chi connectivity index (χ0) is 6.95. The van der Waals surface area contributed by atoms with Gasteiger partial charge in [0.1, 0.15) is 0 Å². The molecular weight excluding hydrogens is 108 g/mol. The molecule has 9 heavy (non-hydrogen) atoms. The first kappa shape index (κ1) is 8.48. The molecule has 0 atom stereocenters. The lowest BCUT2D eigenvalue weighted by molar-refractivity contribution is 1.18. The van der Waals surface area contributed by atoms with Crippen LogP contribution in [0.3, 0.4) is 0 Å². The molecule has 0 aliphatic heterocycles. The molecule has 0 aromatic carbocycles. The van der Waals surface area contributed by atoms with Crippen LogP contribution < -0.4 is 0 Å². The van der Waals surface area contributed by atoms with E-state index in [0.717, 1.165) is 19.3 Å². The van der Waals surface area contributed by atoms with E-state index in [1.807, 2.05) is 0 Å². The molecule has 0 N–H and O–H groups in total. The molecular formula is C9H16. The SMILES string of the molecule is CCC=CC/C=C/CC. The van der Waals surface area contributed by atoms with Crippen molar-refractivity contribution in [3.63, 3.8) is 0 Å². The van der Waals surface area contributed by atoms with Crippen molar-refractivity contribution in [2.24, 2.45) is 0 Å². The van der Waals surface area contributed by atoms with Gasteiger partial charge in [0.05, 0.1) is 0 Å². The van der Waals surface area contributed by atoms with Crippen molar-refractivity contribution >= 4 is 0 Å². The van der Waals surface area contributed by atoms with Gasteiger partial charge in [-0.2, -0.15) is 0 Å². The summed E-state index contributed by atoms with van der Waals surface area (Å²) in [6.07, 6.45) is 12.2. The highest BCUT2D eigenvalue weighted by atomic mass is 13.7. The Morgan fingerprint density at radius 3 is 1.56 bits per heavy atom. The fraction of sp³-hybridized carbons (Fsp3) is 0.556. The molecule has 0 radical (unpaired) electrons. The molecule has 0 spiro atoms. The summed E-state index contributed by atoms with van der Waals surface area (Å²) in [4.78, 5) is 0. The number of hydrogen-bond acceptors (Lipinski definition) is 0. The molecule has 0 aromatic rings. The van der Waals surface area contributed by atoms with Crippen LogP contribution in [-0.4, -0.2) is 0 Å². The topological polar surface area (TPSA) is 0 Å². The highest BCUT2D eigenvalue weighted by molar-refractivity contribution is 4.91. The Hall–Kier alpha value is -0.520. The summed E-state index contributed by atoms with van der Waals surface area (Å²) in [5.74, 6) is 0. The fourth-order valence-corrected chi connectivity index (χ4v) is 0.604. The fourth-order valence-electron chi connectivity index (χ4n) is 0.604. The van der Waals surface area contributed by atoms with E-state index in [2.05, 4.69) is 38.2 Å². The van der Waals surface area contributed by atoms with Crippen molar-refractivity contribution in [2.45, 2.75) is 33.1 Å². The normalized spacial score (nSPS) is 11.8. The standard InChI is InChI=1S/C9H16/c1-3-5-7-9-8-6-4-2/h5-8H,3-4,9H2,1-2H3/b7-5+,8-6?. The quantitative estimate of drug-likeness (QED) is 0.504. The monoisotopic (exact) mass is 124 g/mol. The van der Waals surface area contributed by atoms with Gasteiger partial charge in [0.15, 0.2) is 0 Å². The summed E-state index contributed by atoms with van der Waals surface area (Å²) >= 11 is 0. The van der Waals surface area contributed by atoms with Crippen LogP contribution >= 0.6 is 0 Å². The maximum atomic E-state index is 2.20. The van der Waals surface area contributed by atoms with Gasteiger partial charge in [-0.25, -0.2) is 0 Å². The second-order valence-corrected chi connectivity index (χ2v) is 2.00. The molecule has 0 nitrogen and oxygen atoms in total. The third kappa shape index (κ3) is 7.48. The number of allylic oxidation sites excluding steroid dienone is 4. The molecule has 0 heteroatoms. The van der Waals surface area contributed by atoms with Crippen molar-refractivity contribution in [3.8, 4) is 0 Å². The van der Waals surface area contributed by atoms with Crippen molar-refractivity contribution in [2.75, 3.05) is 0 Å². The molecule has 0 aromatic heterocycles. The summed E-state index contributed by atoms with van der Waals surface area (Å²) in [5.41, 5.74) is 0. The Morgan fingerprint density at radius 1 is 0.778 bits per heavy atom. The molecule has 0 amide bonds. The van der Waals surface area contributed by atoms with Gasteiger partial charge in [0.25, 0.3) is 0 Å². The van der Waals surface area contributed by atoms with Crippen LogP contribution in [0, 0.1) is 0 Å². The second kappa shape index (κ2) is 7.48. The average Bonchev–Trinajstić information content (AvgIpc) is 1.89. The summed E-state index contributed by atoms with van der Waals surface area (Å²) < 4.78 is 0. The highest BCUT2D eigenvalue weighted by Gasteiger charge is 1.68. The molecule has 0 bridgehead atoms. The lowest BCUT2D eigenvalue weighted by Crippen LogP contribution is -1.58. The minimum Gasteiger partial charge on any atom is -0.0885 e. The number of rotatable bonds is 4. The summed E-state index contributed by atoms with van der Waals surface area (Å²) in [6, 6.07) is 0. The van der Waals surface area contributed by atoms with Gasteiger partial charge in [-0.3, -0.25) is 0 Å². The smallest absolute Gasteiger partial charge is 0.0169 e. The Labute approximate surface area is 58.3 Å². The summed E-state index contributed by atoms with van der Waals surface area (Å²) in [6.45, 7) is 4.31. The van der Waals surface area contributed by atoms with Gasteiger partial charge < -0.3 is 0 Å². The van der Waals surface area contributed by atoms with E-state index in [-0.39, 0.29) is 0 Å². The van der Waals surface area contributed by atoms with Gasteiger partial charge in [-0.15, -0.1) is 0 Å². The zero-order valence-corrected chi connectivity index (χ0v) is 6.43. The van der Waals surface area contributed by atoms with E-state index >= 15 is 0 Å². The van der Waals surface area contributed by atoms with E-state index in [4.69, 9.17) is 0 Å². The second-order valence-electron chi connectivity index (χ2n) is 2.00. The van der Waals surface area contributed by atoms with Gasteiger partial charge >= 0.3 is 0 Å². The lowest BCUT2D eigenvalue weighted by Gasteiger charge is -1.79. The predicted molar refractivity (Wildman–Crippen MR) is 43.5 cm³/mol. The van der Waals surface area contributed by atoms with Crippen molar-refractivity contribution < 1.29 is 0 Å². The van der Waals surface area contributed by atoms with Crippen molar-refractivity contribution in [1.29, 1.82) is 0 Å². The van der Waals surface area contributed by atoms with E-state index in [1.165, 1.54) is 0 Å². The number of hydrogen-bond donors (Lipinski definition) is 0. The largest absolute Gasteiger partial charge is 0.0885 e. The molecule has 0 aliphatic rings. The van der Waals surface area contributed by atoms with E-state index in [1.54, 1.807) is 0 Å². The van der Waals surface area contributed by atoms with Crippen molar-refractivity contribution in [3.05, 3.63) is 24.3 Å². The van der Waals surface area contributed by atoms with Crippen LogP contribution in [0.4, 0.5) is 0 Å². The first-order valence-corrected chi connectivity index (χ1v) is 3.71. The van der Waals surface area contributed by atoms with Crippen molar-refractivity contribution in [1.82, 2.24) is 0 Å². The maximum Gasteiger partial charge on any atom is -0.0169 e. The third-order valence-corrected chi connectivity index (χ3v) is 1.08. The van der Waals surface area contributed by atoms with E-state index in [0.29, 0.717) is 0 Å². The van der Waals surface area contributed by atoms with Gasteiger partial charge in [0, 0.05) is 0 Å². The molecule has 0 saturated carbocycles. The van der Waals surface area contributed by atoms with Gasteiger partial charge in [0.2, 0.25) is 0 Å². The first-order chi connectivity index (χ1) is 4.41. The molecule has 0 heterocycles. The Balaban J connectivity index is 3.08. The van der Waals surface area contributed by atoms with E-state index in [9.17, 15) is 0 Å². The van der Waals surface area contributed by atoms with E-state index < -0.39 is 0 Å². The third-order valence-electron chi connectivity index (χ3n) is 1.08. The summed E-state index contributed by atoms with van der Waals surface area (Å²) in [7, 11) is 0. The van der Waals surface area contributed by atoms with Gasteiger partial charge in [-0.1, -0.05) is 38.2 Å². The van der Waals surface area contributed by atoms with Crippen LogP contribution in [0.2, 0.25) is 0 Å². The highest BCUT2D eigenvalue weighted by Crippen LogP contribution is 1.89. The zero-order valence-electron chi connectivity index (χ0n) is 6.43. The molecule has 0 rings (SSSR count). The predicted octanol–water partition coefficient (Wildman–Crippen LogP) is 3.31. The molecule has 0 unspecified atom stereocenters. The van der Waals surface area contributed by atoms with Crippen LogP contribution in [0.5, 0.6) is 0 Å². The van der Waals surface area contributed by atoms with Crippen LogP contribution in [-0.2, 0) is 0 Å². The minimum absolute atomic E-state index is 1.10. The molecule has 52 valence electrons. The Kier molecular flexibility index (Phi) is 7.05. The van der Waals surface area contributed by atoms with Crippen LogP contribution in [0.1, 0.15) is 33.1 Å². The first-order valence-electron chi connectivity index (χ1n) is 3.71.